The molecule has 3 N–H and O–H groups in total. The van der Waals surface area contributed by atoms with Crippen LogP contribution < -0.4 is 4.74 Å². The molecule has 5 rings (SSSR count). The van der Waals surface area contributed by atoms with E-state index in [-0.39, 0.29) is 62.2 Å². The second-order valence-electron chi connectivity index (χ2n) is 19.8. The summed E-state index contributed by atoms with van der Waals surface area (Å²) in [5.74, 6) is -7.05. The number of aliphatic hydroxyl groups excluding tert-OH is 2. The first kappa shape index (κ1) is 54.4. The molecule has 4 aliphatic rings. The number of rotatable bonds is 11. The lowest BCUT2D eigenvalue weighted by atomic mass is 9.81. The number of nitrogens with zero attached hydrogens (tertiary/aromatic N) is 1. The summed E-state index contributed by atoms with van der Waals surface area (Å²) in [5.41, 5.74) is 2.32. The maximum atomic E-state index is 14.5. The van der Waals surface area contributed by atoms with Gasteiger partial charge in [0.15, 0.2) is 0 Å². The van der Waals surface area contributed by atoms with E-state index in [9.17, 15) is 34.5 Å². The van der Waals surface area contributed by atoms with Gasteiger partial charge < -0.3 is 53.4 Å². The van der Waals surface area contributed by atoms with E-state index in [0.29, 0.717) is 68.3 Å². The molecule has 0 radical (unpaired) electrons. The van der Waals surface area contributed by atoms with Crippen LogP contribution in [-0.4, -0.2) is 140 Å². The SMILES string of the molecule is CCC1C=C(C)CC(C)CC(OC)C2OC(O)(C(=O)C(=O)N3CCCCC3C(=O)OC(C(C)=CC3CCC(OCC(O)c4cccc(OC)c4)C(OC)C3)C(C)C(O)CC1=O)C(C)CC2OC. The number of hydrogen-bond donors (Lipinski definition) is 3. The Kier molecular flexibility index (Phi) is 20.2. The highest BCUT2D eigenvalue weighted by molar-refractivity contribution is 6.39. The number of esters is 1. The van der Waals surface area contributed by atoms with Crippen molar-refractivity contribution in [1.82, 2.24) is 4.90 Å². The predicted molar refractivity (Wildman–Crippen MR) is 250 cm³/mol. The Morgan fingerprint density at radius 3 is 2.30 bits per heavy atom. The molecule has 1 aromatic rings. The maximum Gasteiger partial charge on any atom is 0.329 e. The Balaban J connectivity index is 1.44. The second-order valence-corrected chi connectivity index (χ2v) is 19.8. The van der Waals surface area contributed by atoms with Gasteiger partial charge in [0, 0.05) is 52.0 Å². The number of hydrogen-bond acceptors (Lipinski definition) is 14. The topological polar surface area (TPSA) is 197 Å². The Morgan fingerprint density at radius 1 is 0.925 bits per heavy atom. The molecule has 1 saturated carbocycles. The number of aliphatic hydroxyl groups is 3. The average molecular weight is 942 g/mol. The van der Waals surface area contributed by atoms with Gasteiger partial charge in [-0.2, -0.15) is 0 Å². The van der Waals surface area contributed by atoms with Crippen LogP contribution in [0.25, 0.3) is 0 Å². The fourth-order valence-corrected chi connectivity index (χ4v) is 10.7. The number of piperidine rings is 1. The number of carbonyl (C=O) groups is 4. The van der Waals surface area contributed by atoms with E-state index >= 15 is 0 Å². The molecular weight excluding hydrogens is 863 g/mol. The zero-order valence-electron chi connectivity index (χ0n) is 41.5. The van der Waals surface area contributed by atoms with E-state index in [1.165, 1.54) is 19.1 Å². The standard InChI is InChI=1S/C52H79NO14/c1-11-36-22-30(2)21-31(3)23-45(63-9)48-46(64-10)25-33(5)52(60,67-48)49(57)50(58)53-20-13-12-17-39(53)51(59)66-47(34(6)40(54)28-41(36)55)32(4)24-35-18-19-43(44(26-35)62-8)65-29-42(56)37-15-14-16-38(27-37)61-7/h14-16,22,24,27,31,33-36,39-40,42-48,54,56,60H,11-13,17-21,23,25-26,28-29H2,1-10H3. The molecule has 1 aliphatic carbocycles. The molecule has 15 unspecified atom stereocenters. The molecule has 1 amide bonds. The van der Waals surface area contributed by atoms with Crippen LogP contribution in [0.5, 0.6) is 5.75 Å². The van der Waals surface area contributed by atoms with Crippen LogP contribution in [0.4, 0.5) is 0 Å². The highest BCUT2D eigenvalue weighted by Gasteiger charge is 2.56. The van der Waals surface area contributed by atoms with Crippen LogP contribution >= 0.6 is 0 Å². The van der Waals surface area contributed by atoms with Crippen LogP contribution in [-0.2, 0) is 47.6 Å². The van der Waals surface area contributed by atoms with Gasteiger partial charge in [0.25, 0.3) is 11.7 Å². The van der Waals surface area contributed by atoms with E-state index < -0.39 is 83.9 Å². The van der Waals surface area contributed by atoms with Crippen molar-refractivity contribution in [2.45, 2.75) is 173 Å². The number of methoxy groups -OCH3 is 4. The van der Waals surface area contributed by atoms with Crippen molar-refractivity contribution in [3.05, 3.63) is 53.1 Å². The molecule has 0 spiro atoms. The van der Waals surface area contributed by atoms with Crippen molar-refractivity contribution < 1.29 is 67.7 Å². The van der Waals surface area contributed by atoms with E-state index in [4.69, 9.17) is 33.2 Å². The first-order valence-electron chi connectivity index (χ1n) is 24.4. The van der Waals surface area contributed by atoms with Crippen LogP contribution in [0, 0.1) is 29.6 Å². The number of allylic oxidation sites excluding steroid dienone is 3. The Bertz CT molecular complexity index is 1890. The van der Waals surface area contributed by atoms with Gasteiger partial charge >= 0.3 is 5.97 Å². The lowest BCUT2D eigenvalue weighted by Gasteiger charge is -2.47. The third-order valence-electron chi connectivity index (χ3n) is 14.8. The number of ether oxygens (including phenoxy) is 7. The van der Waals surface area contributed by atoms with Crippen molar-refractivity contribution in [2.75, 3.05) is 41.6 Å². The molecule has 3 aliphatic heterocycles. The summed E-state index contributed by atoms with van der Waals surface area (Å²) in [6, 6.07) is 6.05. The van der Waals surface area contributed by atoms with Crippen molar-refractivity contribution in [1.29, 1.82) is 0 Å². The van der Waals surface area contributed by atoms with Gasteiger partial charge in [0.2, 0.25) is 5.79 Å². The molecule has 2 bridgehead atoms. The molecule has 376 valence electrons. The summed E-state index contributed by atoms with van der Waals surface area (Å²) >= 11 is 0. The normalized spacial score (nSPS) is 36.3. The van der Waals surface area contributed by atoms with Crippen LogP contribution in [0.1, 0.15) is 124 Å². The van der Waals surface area contributed by atoms with Crippen molar-refractivity contribution in [3.63, 3.8) is 0 Å². The summed E-state index contributed by atoms with van der Waals surface area (Å²) in [6.45, 7) is 11.3. The van der Waals surface area contributed by atoms with Crippen LogP contribution in [0.15, 0.2) is 47.6 Å². The van der Waals surface area contributed by atoms with Gasteiger partial charge in [0.05, 0.1) is 44.2 Å². The van der Waals surface area contributed by atoms with Gasteiger partial charge in [-0.3, -0.25) is 14.4 Å². The van der Waals surface area contributed by atoms with Crippen molar-refractivity contribution in [2.24, 2.45) is 29.6 Å². The van der Waals surface area contributed by atoms with Gasteiger partial charge in [-0.05, 0) is 113 Å². The zero-order chi connectivity index (χ0) is 49.2. The van der Waals surface area contributed by atoms with Gasteiger partial charge in [-0.25, -0.2) is 4.79 Å². The third-order valence-corrected chi connectivity index (χ3v) is 14.8. The number of carbonyl (C=O) groups excluding carboxylic acids is 4. The molecule has 3 fully saturated rings. The van der Waals surface area contributed by atoms with E-state index in [1.807, 2.05) is 51.1 Å². The number of fused-ring (bicyclic) bond motifs is 3. The fourth-order valence-electron chi connectivity index (χ4n) is 10.7. The molecule has 67 heavy (non-hydrogen) atoms. The van der Waals surface area contributed by atoms with Crippen LogP contribution in [0.2, 0.25) is 0 Å². The van der Waals surface area contributed by atoms with Gasteiger partial charge in [0.1, 0.15) is 35.9 Å². The third kappa shape index (κ3) is 13.4. The monoisotopic (exact) mass is 942 g/mol. The molecule has 2 saturated heterocycles. The molecule has 1 aromatic carbocycles. The van der Waals surface area contributed by atoms with Crippen molar-refractivity contribution in [3.8, 4) is 5.75 Å². The molecule has 0 aromatic heterocycles. The van der Waals surface area contributed by atoms with E-state index in [2.05, 4.69) is 6.92 Å². The lowest BCUT2D eigenvalue weighted by molar-refractivity contribution is -0.302. The summed E-state index contributed by atoms with van der Waals surface area (Å²) in [4.78, 5) is 58.4. The summed E-state index contributed by atoms with van der Waals surface area (Å²) in [5, 5.41) is 34.9. The molecule has 3 heterocycles. The second kappa shape index (κ2) is 24.8. The molecular formula is C52H79NO14. The fraction of sp³-hybridized carbons (Fsp3) is 0.731. The highest BCUT2D eigenvalue weighted by Crippen LogP contribution is 2.39. The number of Topliss-reactive ketones (excluding diaryl/α,β-unsaturated/α-hetero) is 2. The minimum Gasteiger partial charge on any atom is -0.497 e. The number of benzene rings is 1. The summed E-state index contributed by atoms with van der Waals surface area (Å²) in [7, 11) is 6.26. The average Bonchev–Trinajstić information content (AvgIpc) is 3.32. The van der Waals surface area contributed by atoms with Crippen molar-refractivity contribution >= 4 is 23.4 Å². The Morgan fingerprint density at radius 2 is 1.63 bits per heavy atom. The van der Waals surface area contributed by atoms with Gasteiger partial charge in [-0.1, -0.05) is 57.6 Å². The number of amides is 1. The van der Waals surface area contributed by atoms with Crippen LogP contribution in [0.3, 0.4) is 0 Å². The maximum absolute atomic E-state index is 14.5. The molecule has 15 nitrogen and oxygen atoms in total. The summed E-state index contributed by atoms with van der Waals surface area (Å²) < 4.78 is 41.9. The largest absolute Gasteiger partial charge is 0.497 e. The van der Waals surface area contributed by atoms with E-state index in [0.717, 1.165) is 5.57 Å². The highest BCUT2D eigenvalue weighted by atomic mass is 16.7. The van der Waals surface area contributed by atoms with Gasteiger partial charge in [-0.15, -0.1) is 0 Å². The quantitative estimate of drug-likeness (QED) is 0.128. The predicted octanol–water partition coefficient (Wildman–Crippen LogP) is 6.24. The number of cyclic esters (lactones) is 1. The Labute approximate surface area is 397 Å². The minimum atomic E-state index is -2.52. The zero-order valence-corrected chi connectivity index (χ0v) is 41.5. The lowest BCUT2D eigenvalue weighted by Crippen LogP contribution is -2.64. The summed E-state index contributed by atoms with van der Waals surface area (Å²) in [6.07, 6.45) is 3.12. The first-order chi connectivity index (χ1) is 31.9. The number of ketones is 2. The Hall–Kier alpha value is -3.54. The van der Waals surface area contributed by atoms with E-state index in [1.54, 1.807) is 34.1 Å². The molecule has 15 atom stereocenters. The molecule has 15 heteroatoms. The first-order valence-corrected chi connectivity index (χ1v) is 24.4. The minimum absolute atomic E-state index is 0.0200. The smallest absolute Gasteiger partial charge is 0.329 e.